The molecule has 6 heteroatoms. The summed E-state index contributed by atoms with van der Waals surface area (Å²) in [6.45, 7) is 1.89. The van der Waals surface area contributed by atoms with Crippen molar-refractivity contribution < 1.29 is 5.11 Å². The summed E-state index contributed by atoms with van der Waals surface area (Å²) in [5, 5.41) is 13.9. The Labute approximate surface area is 94.1 Å². The first-order chi connectivity index (χ1) is 7.05. The van der Waals surface area contributed by atoms with Gasteiger partial charge in [-0.1, -0.05) is 11.8 Å². The topological polar surface area (TPSA) is 77.0 Å². The number of aryl methyl sites for hydroxylation is 1. The zero-order valence-electron chi connectivity index (χ0n) is 9.18. The fourth-order valence-electron chi connectivity index (χ4n) is 1.13. The van der Waals surface area contributed by atoms with E-state index in [-0.39, 0.29) is 6.61 Å². The SMILES string of the molecule is Cn1ncnc1SCCCC(C)(N)CO. The van der Waals surface area contributed by atoms with Crippen LogP contribution in [-0.2, 0) is 7.05 Å². The van der Waals surface area contributed by atoms with Crippen LogP contribution in [0.4, 0.5) is 0 Å². The number of hydrogen-bond donors (Lipinski definition) is 2. The van der Waals surface area contributed by atoms with Gasteiger partial charge in [0, 0.05) is 18.3 Å². The molecule has 0 saturated heterocycles. The molecule has 0 saturated carbocycles. The quantitative estimate of drug-likeness (QED) is 0.546. The van der Waals surface area contributed by atoms with Crippen molar-refractivity contribution in [3.8, 4) is 0 Å². The fourth-order valence-corrected chi connectivity index (χ4v) is 1.96. The van der Waals surface area contributed by atoms with Crippen LogP contribution < -0.4 is 5.73 Å². The summed E-state index contributed by atoms with van der Waals surface area (Å²) >= 11 is 1.66. The Balaban J connectivity index is 2.20. The average molecular weight is 230 g/mol. The van der Waals surface area contributed by atoms with E-state index in [1.807, 2.05) is 14.0 Å². The van der Waals surface area contributed by atoms with Gasteiger partial charge in [-0.2, -0.15) is 5.10 Å². The Kier molecular flexibility index (Phi) is 4.56. The zero-order chi connectivity index (χ0) is 11.3. The summed E-state index contributed by atoms with van der Waals surface area (Å²) in [5.74, 6) is 0.944. The monoisotopic (exact) mass is 230 g/mol. The van der Waals surface area contributed by atoms with Crippen LogP contribution in [-0.4, -0.2) is 37.8 Å². The van der Waals surface area contributed by atoms with Gasteiger partial charge >= 0.3 is 0 Å². The van der Waals surface area contributed by atoms with Gasteiger partial charge in [-0.15, -0.1) is 0 Å². The highest BCUT2D eigenvalue weighted by atomic mass is 32.2. The maximum atomic E-state index is 8.96. The lowest BCUT2D eigenvalue weighted by Gasteiger charge is -2.20. The van der Waals surface area contributed by atoms with E-state index < -0.39 is 5.54 Å². The molecule has 1 rings (SSSR count). The van der Waals surface area contributed by atoms with Crippen LogP contribution in [0.5, 0.6) is 0 Å². The third-order valence-corrected chi connectivity index (χ3v) is 3.28. The molecule has 0 aromatic carbocycles. The van der Waals surface area contributed by atoms with Crippen LogP contribution in [0.2, 0.25) is 0 Å². The van der Waals surface area contributed by atoms with Gasteiger partial charge in [0.05, 0.1) is 6.61 Å². The second-order valence-corrected chi connectivity index (χ2v) is 4.99. The molecular formula is C9H18N4OS. The first kappa shape index (κ1) is 12.5. The van der Waals surface area contributed by atoms with Crippen LogP contribution in [0.3, 0.4) is 0 Å². The van der Waals surface area contributed by atoms with Gasteiger partial charge in [-0.05, 0) is 19.8 Å². The van der Waals surface area contributed by atoms with E-state index >= 15 is 0 Å². The Bertz CT molecular complexity index is 300. The molecule has 15 heavy (non-hydrogen) atoms. The summed E-state index contributed by atoms with van der Waals surface area (Å²) in [4.78, 5) is 4.10. The number of nitrogens with two attached hydrogens (primary N) is 1. The summed E-state index contributed by atoms with van der Waals surface area (Å²) in [6, 6.07) is 0. The predicted molar refractivity (Wildman–Crippen MR) is 60.6 cm³/mol. The number of aliphatic hydroxyl groups excluding tert-OH is 1. The highest BCUT2D eigenvalue weighted by Gasteiger charge is 2.16. The Morgan fingerprint density at radius 3 is 2.93 bits per heavy atom. The lowest BCUT2D eigenvalue weighted by Crippen LogP contribution is -2.40. The van der Waals surface area contributed by atoms with Crippen molar-refractivity contribution >= 4 is 11.8 Å². The van der Waals surface area contributed by atoms with Crippen molar-refractivity contribution in [1.29, 1.82) is 0 Å². The Morgan fingerprint density at radius 1 is 1.67 bits per heavy atom. The minimum absolute atomic E-state index is 0.0294. The van der Waals surface area contributed by atoms with Crippen LogP contribution in [0.15, 0.2) is 11.5 Å². The van der Waals surface area contributed by atoms with Crippen molar-refractivity contribution in [3.63, 3.8) is 0 Å². The van der Waals surface area contributed by atoms with Gasteiger partial charge in [-0.25, -0.2) is 9.67 Å². The molecule has 86 valence electrons. The first-order valence-corrected chi connectivity index (χ1v) is 5.90. The number of aromatic nitrogens is 3. The Hall–Kier alpha value is -0.590. The highest BCUT2D eigenvalue weighted by Crippen LogP contribution is 2.17. The van der Waals surface area contributed by atoms with Gasteiger partial charge < -0.3 is 10.8 Å². The molecule has 1 heterocycles. The summed E-state index contributed by atoms with van der Waals surface area (Å²) in [7, 11) is 1.87. The van der Waals surface area contributed by atoms with Crippen molar-refractivity contribution in [1.82, 2.24) is 14.8 Å². The van der Waals surface area contributed by atoms with Gasteiger partial charge in [0.1, 0.15) is 6.33 Å². The molecule has 3 N–H and O–H groups in total. The van der Waals surface area contributed by atoms with Crippen molar-refractivity contribution in [3.05, 3.63) is 6.33 Å². The molecule has 0 amide bonds. The molecule has 1 aromatic rings. The minimum Gasteiger partial charge on any atom is -0.394 e. The third-order valence-electron chi connectivity index (χ3n) is 2.15. The lowest BCUT2D eigenvalue weighted by molar-refractivity contribution is 0.200. The lowest BCUT2D eigenvalue weighted by atomic mass is 9.99. The maximum Gasteiger partial charge on any atom is 0.185 e. The van der Waals surface area contributed by atoms with Gasteiger partial charge in [0.15, 0.2) is 5.16 Å². The molecule has 0 aliphatic carbocycles. The molecule has 1 aromatic heterocycles. The molecule has 0 bridgehead atoms. The molecule has 1 unspecified atom stereocenters. The minimum atomic E-state index is -0.458. The van der Waals surface area contributed by atoms with E-state index in [0.717, 1.165) is 23.8 Å². The van der Waals surface area contributed by atoms with E-state index in [1.54, 1.807) is 22.8 Å². The van der Waals surface area contributed by atoms with Crippen molar-refractivity contribution in [2.75, 3.05) is 12.4 Å². The number of aliphatic hydroxyl groups is 1. The zero-order valence-corrected chi connectivity index (χ0v) is 10.00. The second kappa shape index (κ2) is 5.48. The fraction of sp³-hybridized carbons (Fsp3) is 0.778. The van der Waals surface area contributed by atoms with Gasteiger partial charge in [0.25, 0.3) is 0 Å². The largest absolute Gasteiger partial charge is 0.394 e. The summed E-state index contributed by atoms with van der Waals surface area (Å²) < 4.78 is 1.75. The van der Waals surface area contributed by atoms with E-state index in [2.05, 4.69) is 10.1 Å². The van der Waals surface area contributed by atoms with Gasteiger partial charge in [-0.3, -0.25) is 0 Å². The average Bonchev–Trinajstić information content (AvgIpc) is 2.59. The molecule has 1 atom stereocenters. The normalized spacial score (nSPS) is 15.2. The first-order valence-electron chi connectivity index (χ1n) is 4.92. The van der Waals surface area contributed by atoms with Crippen molar-refractivity contribution in [2.24, 2.45) is 12.8 Å². The van der Waals surface area contributed by atoms with E-state index in [4.69, 9.17) is 10.8 Å². The number of nitrogens with zero attached hydrogens (tertiary/aromatic N) is 3. The molecular weight excluding hydrogens is 212 g/mol. The van der Waals surface area contributed by atoms with E-state index in [9.17, 15) is 0 Å². The Morgan fingerprint density at radius 2 is 2.40 bits per heavy atom. The number of thioether (sulfide) groups is 1. The van der Waals surface area contributed by atoms with E-state index in [0.29, 0.717) is 0 Å². The third kappa shape index (κ3) is 4.19. The van der Waals surface area contributed by atoms with Crippen LogP contribution in [0.1, 0.15) is 19.8 Å². The summed E-state index contributed by atoms with van der Waals surface area (Å²) in [6.07, 6.45) is 3.32. The molecule has 5 nitrogen and oxygen atoms in total. The number of rotatable bonds is 6. The van der Waals surface area contributed by atoms with Crippen LogP contribution in [0, 0.1) is 0 Å². The summed E-state index contributed by atoms with van der Waals surface area (Å²) in [5.41, 5.74) is 5.36. The number of hydrogen-bond acceptors (Lipinski definition) is 5. The standard InChI is InChI=1S/C9H18N4OS/c1-9(10,6-14)4-3-5-15-8-11-7-12-13(8)2/h7,14H,3-6,10H2,1-2H3. The smallest absolute Gasteiger partial charge is 0.185 e. The second-order valence-electron chi connectivity index (χ2n) is 3.93. The van der Waals surface area contributed by atoms with E-state index in [1.165, 1.54) is 0 Å². The predicted octanol–water partition coefficient (Wildman–Crippen LogP) is 0.397. The highest BCUT2D eigenvalue weighted by molar-refractivity contribution is 7.99. The van der Waals surface area contributed by atoms with Gasteiger partial charge in [0.2, 0.25) is 0 Å². The molecule has 0 fully saturated rings. The molecule has 0 aliphatic rings. The van der Waals surface area contributed by atoms with Crippen LogP contribution in [0.25, 0.3) is 0 Å². The molecule has 0 radical (unpaired) electrons. The molecule has 0 spiro atoms. The van der Waals surface area contributed by atoms with Crippen LogP contribution >= 0.6 is 11.8 Å². The maximum absolute atomic E-state index is 8.96. The molecule has 0 aliphatic heterocycles. The van der Waals surface area contributed by atoms with Crippen molar-refractivity contribution in [2.45, 2.75) is 30.5 Å².